The number of fused-ring (bicyclic) bond motifs is 3. The zero-order chi connectivity index (χ0) is 29.6. The van der Waals surface area contributed by atoms with Gasteiger partial charge in [-0.1, -0.05) is 91.0 Å². The van der Waals surface area contributed by atoms with Crippen LogP contribution in [0, 0.1) is 0 Å². The second-order valence-electron chi connectivity index (χ2n) is 10.3. The van der Waals surface area contributed by atoms with Crippen molar-refractivity contribution in [3.05, 3.63) is 144 Å². The maximum atomic E-state index is 13.2. The third-order valence-corrected chi connectivity index (χ3v) is 7.65. The molecule has 6 nitrogen and oxygen atoms in total. The lowest BCUT2D eigenvalue weighted by molar-refractivity contribution is -0.141. The largest absolute Gasteiger partial charge is 0.492 e. The number of esters is 1. The lowest BCUT2D eigenvalue weighted by atomic mass is 10.00. The highest BCUT2D eigenvalue weighted by molar-refractivity contribution is 6.12. The van der Waals surface area contributed by atoms with Crippen LogP contribution in [0.15, 0.2) is 127 Å². The van der Waals surface area contributed by atoms with Gasteiger partial charge < -0.3 is 19.4 Å². The molecule has 0 spiro atoms. The van der Waals surface area contributed by atoms with Crippen molar-refractivity contribution in [3.8, 4) is 5.75 Å². The van der Waals surface area contributed by atoms with E-state index in [-0.39, 0.29) is 5.78 Å². The Hall–Kier alpha value is -5.36. The predicted molar refractivity (Wildman–Crippen MR) is 171 cm³/mol. The van der Waals surface area contributed by atoms with Gasteiger partial charge in [0.1, 0.15) is 18.4 Å². The highest BCUT2D eigenvalue weighted by Crippen LogP contribution is 2.29. The number of carbonyl (C=O) groups excluding carboxylic acids is 2. The zero-order valence-corrected chi connectivity index (χ0v) is 23.9. The molecular formula is C37H32N2O4. The van der Waals surface area contributed by atoms with Crippen molar-refractivity contribution in [2.75, 3.05) is 19.0 Å². The van der Waals surface area contributed by atoms with Crippen LogP contribution in [0.2, 0.25) is 0 Å². The molecule has 6 heteroatoms. The van der Waals surface area contributed by atoms with E-state index in [9.17, 15) is 9.59 Å². The Morgan fingerprint density at radius 3 is 2.00 bits per heavy atom. The first-order valence-electron chi connectivity index (χ1n) is 14.3. The molecule has 0 radical (unpaired) electrons. The molecule has 0 aliphatic carbocycles. The number of aromatic nitrogens is 1. The molecule has 0 aliphatic heterocycles. The number of carbonyl (C=O) groups is 2. The van der Waals surface area contributed by atoms with Crippen molar-refractivity contribution in [2.24, 2.45) is 0 Å². The quantitative estimate of drug-likeness (QED) is 0.131. The Kier molecular flexibility index (Phi) is 8.18. The number of nitrogens with one attached hydrogen (secondary N) is 1. The summed E-state index contributed by atoms with van der Waals surface area (Å²) < 4.78 is 13.5. The summed E-state index contributed by atoms with van der Waals surface area (Å²) in [6.07, 6.45) is 0.377. The minimum Gasteiger partial charge on any atom is -0.492 e. The summed E-state index contributed by atoms with van der Waals surface area (Å²) in [6.45, 7) is 1.23. The van der Waals surface area contributed by atoms with Gasteiger partial charge in [-0.3, -0.25) is 4.79 Å². The van der Waals surface area contributed by atoms with Crippen LogP contribution in [0.3, 0.4) is 0 Å². The average molecular weight is 569 g/mol. The molecular weight excluding hydrogens is 536 g/mol. The molecule has 6 rings (SSSR count). The topological polar surface area (TPSA) is 69.6 Å². The molecule has 5 aromatic carbocycles. The number of para-hydroxylation sites is 3. The maximum Gasteiger partial charge on any atom is 0.328 e. The second-order valence-corrected chi connectivity index (χ2v) is 10.3. The lowest BCUT2D eigenvalue weighted by Crippen LogP contribution is -2.33. The average Bonchev–Trinajstić information content (AvgIpc) is 3.38. The van der Waals surface area contributed by atoms with Crippen LogP contribution in [-0.4, -0.2) is 36.1 Å². The first-order chi connectivity index (χ1) is 21.1. The van der Waals surface area contributed by atoms with Gasteiger partial charge in [0.2, 0.25) is 0 Å². The molecule has 6 aromatic rings. The van der Waals surface area contributed by atoms with Crippen LogP contribution in [0.25, 0.3) is 21.8 Å². The number of methoxy groups -OCH3 is 1. The lowest BCUT2D eigenvalue weighted by Gasteiger charge is -2.20. The molecule has 1 heterocycles. The normalized spacial score (nSPS) is 11.7. The molecule has 0 amide bonds. The SMILES string of the molecule is COC(=O)[C@H](Cc1ccc(OCCn2c3ccccc3c3ccccc32)cc1)Nc1ccccc1C(=O)c1ccccc1. The fraction of sp³-hybridized carbons (Fsp3) is 0.135. The zero-order valence-electron chi connectivity index (χ0n) is 23.9. The van der Waals surface area contributed by atoms with Crippen molar-refractivity contribution in [2.45, 2.75) is 19.0 Å². The molecule has 0 fully saturated rings. The predicted octanol–water partition coefficient (Wildman–Crippen LogP) is 7.30. The number of benzene rings is 5. The molecule has 1 aromatic heterocycles. The summed E-state index contributed by atoms with van der Waals surface area (Å²) in [4.78, 5) is 26.0. The molecule has 0 saturated carbocycles. The maximum absolute atomic E-state index is 13.2. The fourth-order valence-electron chi connectivity index (χ4n) is 5.53. The second kappa shape index (κ2) is 12.7. The van der Waals surface area contributed by atoms with Crippen molar-refractivity contribution < 1.29 is 19.1 Å². The third-order valence-electron chi connectivity index (χ3n) is 7.65. The van der Waals surface area contributed by atoms with E-state index >= 15 is 0 Å². The van der Waals surface area contributed by atoms with Gasteiger partial charge >= 0.3 is 5.97 Å². The van der Waals surface area contributed by atoms with E-state index in [4.69, 9.17) is 9.47 Å². The molecule has 0 saturated heterocycles. The molecule has 43 heavy (non-hydrogen) atoms. The van der Waals surface area contributed by atoms with Gasteiger partial charge in [0.05, 0.1) is 13.7 Å². The van der Waals surface area contributed by atoms with Gasteiger partial charge in [0.15, 0.2) is 5.78 Å². The standard InChI is InChI=1S/C37H32N2O4/c1-42-37(41)33(38-32-16-8-5-15-31(32)36(40)27-11-3-2-4-12-27)25-26-19-21-28(22-20-26)43-24-23-39-34-17-9-6-13-29(34)30-14-7-10-18-35(30)39/h2-22,33,38H,23-25H2,1H3/t33-/m0/s1. The number of ketones is 1. The molecule has 214 valence electrons. The third kappa shape index (κ3) is 5.99. The van der Waals surface area contributed by atoms with Crippen LogP contribution >= 0.6 is 0 Å². The van der Waals surface area contributed by atoms with Crippen LogP contribution in [0.1, 0.15) is 21.5 Å². The Bertz CT molecular complexity index is 1820. The van der Waals surface area contributed by atoms with Crippen LogP contribution in [0.4, 0.5) is 5.69 Å². The van der Waals surface area contributed by atoms with Crippen LogP contribution < -0.4 is 10.1 Å². The molecule has 0 aliphatic rings. The minimum absolute atomic E-state index is 0.116. The van der Waals surface area contributed by atoms with E-state index < -0.39 is 12.0 Å². The minimum atomic E-state index is -0.684. The number of anilines is 1. The molecule has 1 N–H and O–H groups in total. The number of ether oxygens (including phenoxy) is 2. The number of nitrogens with zero attached hydrogens (tertiary/aromatic N) is 1. The van der Waals surface area contributed by atoms with E-state index in [0.717, 1.165) is 11.3 Å². The summed E-state index contributed by atoms with van der Waals surface area (Å²) in [5.74, 6) is 0.231. The van der Waals surface area contributed by atoms with Crippen molar-refractivity contribution >= 4 is 39.2 Å². The van der Waals surface area contributed by atoms with Crippen molar-refractivity contribution in [3.63, 3.8) is 0 Å². The Balaban J connectivity index is 1.13. The van der Waals surface area contributed by atoms with E-state index in [1.807, 2.05) is 54.6 Å². The number of hydrogen-bond donors (Lipinski definition) is 1. The number of hydrogen-bond acceptors (Lipinski definition) is 5. The van der Waals surface area contributed by atoms with Crippen molar-refractivity contribution in [1.29, 1.82) is 0 Å². The highest BCUT2D eigenvalue weighted by Gasteiger charge is 2.22. The van der Waals surface area contributed by atoms with E-state index in [0.29, 0.717) is 36.4 Å². The van der Waals surface area contributed by atoms with Gasteiger partial charge in [-0.2, -0.15) is 0 Å². The summed E-state index contributed by atoms with van der Waals surface area (Å²) in [6, 6.07) is 40.2. The smallest absolute Gasteiger partial charge is 0.328 e. The van der Waals surface area contributed by atoms with E-state index in [1.165, 1.54) is 28.9 Å². The van der Waals surface area contributed by atoms with E-state index in [1.54, 1.807) is 24.3 Å². The van der Waals surface area contributed by atoms with Gasteiger partial charge in [0, 0.05) is 45.0 Å². The summed E-state index contributed by atoms with van der Waals surface area (Å²) >= 11 is 0. The Labute approximate surface area is 250 Å². The van der Waals surface area contributed by atoms with Crippen LogP contribution in [-0.2, 0) is 22.5 Å². The first-order valence-corrected chi connectivity index (χ1v) is 14.3. The van der Waals surface area contributed by atoms with Crippen LogP contribution in [0.5, 0.6) is 5.75 Å². The first kappa shape index (κ1) is 27.8. The molecule has 0 unspecified atom stereocenters. The Morgan fingerprint density at radius 2 is 1.33 bits per heavy atom. The monoisotopic (exact) mass is 568 g/mol. The summed E-state index contributed by atoms with van der Waals surface area (Å²) in [5, 5.41) is 5.74. The number of rotatable bonds is 11. The molecule has 1 atom stereocenters. The summed E-state index contributed by atoms with van der Waals surface area (Å²) in [5.41, 5.74) is 4.98. The fourth-order valence-corrected chi connectivity index (χ4v) is 5.53. The molecule has 0 bridgehead atoms. The van der Waals surface area contributed by atoms with Gasteiger partial charge in [-0.05, 0) is 42.0 Å². The highest BCUT2D eigenvalue weighted by atomic mass is 16.5. The van der Waals surface area contributed by atoms with Crippen molar-refractivity contribution in [1.82, 2.24) is 4.57 Å². The van der Waals surface area contributed by atoms with Gasteiger partial charge in [-0.15, -0.1) is 0 Å². The van der Waals surface area contributed by atoms with E-state index in [2.05, 4.69) is 58.4 Å². The van der Waals surface area contributed by atoms with Gasteiger partial charge in [0.25, 0.3) is 0 Å². The Morgan fingerprint density at radius 1 is 0.721 bits per heavy atom. The van der Waals surface area contributed by atoms with Gasteiger partial charge in [-0.25, -0.2) is 4.79 Å². The summed E-state index contributed by atoms with van der Waals surface area (Å²) in [7, 11) is 1.37.